The molecule has 0 aromatic heterocycles. The maximum Gasteiger partial charge on any atom is 0.270 e. The van der Waals surface area contributed by atoms with Gasteiger partial charge in [0.15, 0.2) is 0 Å². The number of carbonyl (C=O) groups is 1. The molecule has 1 aromatic rings. The molecule has 1 amide bonds. The fourth-order valence-electron chi connectivity index (χ4n) is 1.32. The Morgan fingerprint density at radius 3 is 2.83 bits per heavy atom. The number of carbonyl (C=O) groups excluding carboxylic acids is 1. The molecule has 0 atom stereocenters. The maximum atomic E-state index is 11.7. The summed E-state index contributed by atoms with van der Waals surface area (Å²) in [5.74, 6) is 0.657. The summed E-state index contributed by atoms with van der Waals surface area (Å²) in [7, 11) is 0. The van der Waals surface area contributed by atoms with Crippen molar-refractivity contribution in [2.24, 2.45) is 0 Å². The van der Waals surface area contributed by atoms with Gasteiger partial charge >= 0.3 is 0 Å². The molecular weight excluding hydrogens is 276 g/mol. The molecule has 98 valence electrons. The fraction of sp³-hybridized carbons (Fsp3) is 0.364. The Balaban J connectivity index is 2.66. The molecular formula is C11H13ClN2O3S. The van der Waals surface area contributed by atoms with Gasteiger partial charge in [0, 0.05) is 18.7 Å². The highest BCUT2D eigenvalue weighted by Gasteiger charge is 2.14. The molecule has 1 N–H and O–H groups in total. The second-order valence-electron chi connectivity index (χ2n) is 3.52. The Morgan fingerprint density at radius 2 is 2.28 bits per heavy atom. The lowest BCUT2D eigenvalue weighted by Crippen LogP contribution is -2.25. The topological polar surface area (TPSA) is 72.2 Å². The van der Waals surface area contributed by atoms with Crippen molar-refractivity contribution < 1.29 is 9.72 Å². The monoisotopic (exact) mass is 288 g/mol. The van der Waals surface area contributed by atoms with Gasteiger partial charge in [-0.25, -0.2) is 0 Å². The number of non-ortho nitro benzene ring substituents is 1. The largest absolute Gasteiger partial charge is 0.352 e. The zero-order valence-corrected chi connectivity index (χ0v) is 11.4. The van der Waals surface area contributed by atoms with Gasteiger partial charge in [-0.1, -0.05) is 11.6 Å². The van der Waals surface area contributed by atoms with E-state index in [9.17, 15) is 14.9 Å². The number of hydrogen-bond acceptors (Lipinski definition) is 4. The van der Waals surface area contributed by atoms with E-state index < -0.39 is 4.92 Å². The Kier molecular flexibility index (Phi) is 5.94. The summed E-state index contributed by atoms with van der Waals surface area (Å²) in [6, 6.07) is 3.81. The average molecular weight is 289 g/mol. The molecule has 0 heterocycles. The van der Waals surface area contributed by atoms with Crippen molar-refractivity contribution in [1.29, 1.82) is 0 Å². The van der Waals surface area contributed by atoms with Crippen molar-refractivity contribution in [2.45, 2.75) is 6.42 Å². The van der Waals surface area contributed by atoms with Crippen LogP contribution in [0.4, 0.5) is 5.69 Å². The normalized spacial score (nSPS) is 10.1. The molecule has 0 fully saturated rings. The van der Waals surface area contributed by atoms with Crippen LogP contribution in [0.25, 0.3) is 0 Å². The summed E-state index contributed by atoms with van der Waals surface area (Å²) in [5.41, 5.74) is 0.130. The SMILES string of the molecule is CSCCCNC(=O)c1ccc([N+](=O)[O-])cc1Cl. The number of nitro groups is 1. The number of nitrogens with zero attached hydrogens (tertiary/aromatic N) is 1. The molecule has 7 heteroatoms. The summed E-state index contributed by atoms with van der Waals surface area (Å²) in [5, 5.41) is 13.3. The van der Waals surface area contributed by atoms with Gasteiger partial charge < -0.3 is 5.32 Å². The lowest BCUT2D eigenvalue weighted by Gasteiger charge is -2.06. The highest BCUT2D eigenvalue weighted by Crippen LogP contribution is 2.22. The van der Waals surface area contributed by atoms with E-state index in [0.29, 0.717) is 6.54 Å². The van der Waals surface area contributed by atoms with Crippen molar-refractivity contribution in [3.63, 3.8) is 0 Å². The smallest absolute Gasteiger partial charge is 0.270 e. The van der Waals surface area contributed by atoms with Gasteiger partial charge in [-0.2, -0.15) is 11.8 Å². The second kappa shape index (κ2) is 7.23. The van der Waals surface area contributed by atoms with Crippen LogP contribution in [0.2, 0.25) is 5.02 Å². The Morgan fingerprint density at radius 1 is 1.56 bits per heavy atom. The van der Waals surface area contributed by atoms with Crippen LogP contribution in [-0.2, 0) is 0 Å². The van der Waals surface area contributed by atoms with Crippen LogP contribution in [0.15, 0.2) is 18.2 Å². The summed E-state index contributed by atoms with van der Waals surface area (Å²) >= 11 is 7.54. The lowest BCUT2D eigenvalue weighted by atomic mass is 10.2. The third-order valence-electron chi connectivity index (χ3n) is 2.22. The highest BCUT2D eigenvalue weighted by atomic mass is 35.5. The van der Waals surface area contributed by atoms with Crippen molar-refractivity contribution >= 4 is 35.0 Å². The quantitative estimate of drug-likeness (QED) is 0.496. The van der Waals surface area contributed by atoms with Gasteiger partial charge in [0.25, 0.3) is 11.6 Å². The maximum absolute atomic E-state index is 11.7. The molecule has 0 saturated heterocycles. The van der Waals surface area contributed by atoms with Crippen LogP contribution in [0.3, 0.4) is 0 Å². The van der Waals surface area contributed by atoms with Gasteiger partial charge in [0.05, 0.1) is 15.5 Å². The molecule has 0 saturated carbocycles. The molecule has 0 aliphatic heterocycles. The summed E-state index contributed by atoms with van der Waals surface area (Å²) in [4.78, 5) is 21.7. The Labute approximate surface area is 114 Å². The number of rotatable bonds is 6. The van der Waals surface area contributed by atoms with Gasteiger partial charge in [-0.05, 0) is 24.5 Å². The minimum Gasteiger partial charge on any atom is -0.352 e. The first-order chi connectivity index (χ1) is 8.56. The standard InChI is InChI=1S/C11H13ClN2O3S/c1-18-6-2-5-13-11(15)9-4-3-8(14(16)17)7-10(9)12/h3-4,7H,2,5-6H2,1H3,(H,13,15). The fourth-order valence-corrected chi connectivity index (χ4v) is 2.01. The first-order valence-corrected chi connectivity index (χ1v) is 7.04. The van der Waals surface area contributed by atoms with Gasteiger partial charge in [0.1, 0.15) is 0 Å². The Bertz CT molecular complexity index is 454. The van der Waals surface area contributed by atoms with E-state index in [0.717, 1.165) is 12.2 Å². The number of amides is 1. The van der Waals surface area contributed by atoms with Crippen molar-refractivity contribution in [3.8, 4) is 0 Å². The van der Waals surface area contributed by atoms with Crippen molar-refractivity contribution in [2.75, 3.05) is 18.6 Å². The van der Waals surface area contributed by atoms with E-state index in [4.69, 9.17) is 11.6 Å². The molecule has 0 unspecified atom stereocenters. The van der Waals surface area contributed by atoms with Crippen LogP contribution in [-0.4, -0.2) is 29.4 Å². The predicted molar refractivity (Wildman–Crippen MR) is 73.4 cm³/mol. The molecule has 0 aliphatic carbocycles. The van der Waals surface area contributed by atoms with E-state index in [1.165, 1.54) is 18.2 Å². The molecule has 5 nitrogen and oxygen atoms in total. The zero-order chi connectivity index (χ0) is 13.5. The van der Waals surface area contributed by atoms with Crippen LogP contribution >= 0.6 is 23.4 Å². The first-order valence-electron chi connectivity index (χ1n) is 5.27. The molecule has 0 bridgehead atoms. The third-order valence-corrected chi connectivity index (χ3v) is 3.23. The number of thioether (sulfide) groups is 1. The number of benzene rings is 1. The van der Waals surface area contributed by atoms with Crippen LogP contribution in [0, 0.1) is 10.1 Å². The van der Waals surface area contributed by atoms with Crippen molar-refractivity contribution in [1.82, 2.24) is 5.32 Å². The van der Waals surface area contributed by atoms with E-state index >= 15 is 0 Å². The zero-order valence-electron chi connectivity index (χ0n) is 9.81. The van der Waals surface area contributed by atoms with E-state index in [2.05, 4.69) is 5.32 Å². The number of nitro benzene ring substituents is 1. The summed E-state index contributed by atoms with van der Waals surface area (Å²) in [6.07, 6.45) is 2.87. The average Bonchev–Trinajstić information content (AvgIpc) is 2.34. The van der Waals surface area contributed by atoms with E-state index in [1.54, 1.807) is 11.8 Å². The molecule has 1 aromatic carbocycles. The minimum absolute atomic E-state index is 0.0894. The predicted octanol–water partition coefficient (Wildman–Crippen LogP) is 2.73. The number of nitrogens with one attached hydrogen (secondary N) is 1. The summed E-state index contributed by atoms with van der Waals surface area (Å²) < 4.78 is 0. The van der Waals surface area contributed by atoms with Gasteiger partial charge in [-0.15, -0.1) is 0 Å². The highest BCUT2D eigenvalue weighted by molar-refractivity contribution is 7.98. The van der Waals surface area contributed by atoms with Crippen LogP contribution in [0.5, 0.6) is 0 Å². The number of halogens is 1. The van der Waals surface area contributed by atoms with E-state index in [-0.39, 0.29) is 22.2 Å². The third kappa shape index (κ3) is 4.19. The summed E-state index contributed by atoms with van der Waals surface area (Å²) in [6.45, 7) is 0.562. The van der Waals surface area contributed by atoms with E-state index in [1.807, 2.05) is 6.26 Å². The molecule has 0 spiro atoms. The lowest BCUT2D eigenvalue weighted by molar-refractivity contribution is -0.384. The molecule has 0 aliphatic rings. The van der Waals surface area contributed by atoms with Crippen LogP contribution in [0.1, 0.15) is 16.8 Å². The Hall–Kier alpha value is -1.27. The molecule has 1 rings (SSSR count). The first kappa shape index (κ1) is 14.8. The molecule has 0 radical (unpaired) electrons. The molecule has 18 heavy (non-hydrogen) atoms. The van der Waals surface area contributed by atoms with Crippen LogP contribution < -0.4 is 5.32 Å². The second-order valence-corrected chi connectivity index (χ2v) is 4.92. The van der Waals surface area contributed by atoms with Gasteiger partial charge in [-0.3, -0.25) is 14.9 Å². The van der Waals surface area contributed by atoms with Gasteiger partial charge in [0.2, 0.25) is 0 Å². The minimum atomic E-state index is -0.550. The number of hydrogen-bond donors (Lipinski definition) is 1. The van der Waals surface area contributed by atoms with Crippen molar-refractivity contribution in [3.05, 3.63) is 38.9 Å².